The number of aliphatic hydroxyl groups excluding tert-OH is 2. The van der Waals surface area contributed by atoms with Gasteiger partial charge in [-0.3, -0.25) is 9.59 Å². The van der Waals surface area contributed by atoms with Gasteiger partial charge < -0.3 is 29.9 Å². The quantitative estimate of drug-likeness (QED) is 0.124. The van der Waals surface area contributed by atoms with Crippen LogP contribution in [0, 0.1) is 0 Å². The minimum absolute atomic E-state index is 0.0371. The molecular weight excluding hydrogens is 632 g/mol. The first-order valence-electron chi connectivity index (χ1n) is 15.7. The van der Waals surface area contributed by atoms with E-state index in [9.17, 15) is 19.8 Å². The first-order valence-corrected chi connectivity index (χ1v) is 15.7. The Labute approximate surface area is 279 Å². The average molecular weight is 667 g/mol. The van der Waals surface area contributed by atoms with Crippen LogP contribution >= 0.6 is 0 Å². The van der Waals surface area contributed by atoms with Crippen molar-refractivity contribution in [3.8, 4) is 22.9 Å². The number of ether oxygens (including phenoxy) is 2. The molecule has 0 bridgehead atoms. The highest BCUT2D eigenvalue weighted by Gasteiger charge is 2.20. The summed E-state index contributed by atoms with van der Waals surface area (Å²) in [6, 6.07) is 21.5. The van der Waals surface area contributed by atoms with Gasteiger partial charge in [0.15, 0.2) is 0 Å². The van der Waals surface area contributed by atoms with Gasteiger partial charge in [-0.25, -0.2) is 0 Å². The molecule has 49 heavy (non-hydrogen) atoms. The lowest BCUT2D eigenvalue weighted by molar-refractivity contribution is -0.145. The molecule has 0 saturated carbocycles. The Kier molecular flexibility index (Phi) is 10.1. The van der Waals surface area contributed by atoms with E-state index in [0.29, 0.717) is 57.2 Å². The van der Waals surface area contributed by atoms with Crippen LogP contribution in [0.1, 0.15) is 35.1 Å². The van der Waals surface area contributed by atoms with Crippen LogP contribution in [0.15, 0.2) is 72.8 Å². The zero-order valence-corrected chi connectivity index (χ0v) is 26.4. The Morgan fingerprint density at radius 1 is 0.592 bits per heavy atom. The van der Waals surface area contributed by atoms with Crippen molar-refractivity contribution in [2.75, 3.05) is 26.4 Å². The summed E-state index contributed by atoms with van der Waals surface area (Å²) in [6.07, 6.45) is 0.400. The van der Waals surface area contributed by atoms with E-state index in [1.807, 2.05) is 24.3 Å². The van der Waals surface area contributed by atoms with E-state index in [1.54, 1.807) is 48.5 Å². The SMILES string of the molecule is O=C(CCO)OCCc1cc(Cc2cc(CCOC(=O)CCO)cc(-n3nc4ccccc4n3)c2O)c(O)c(-n2nc3ccccc3n2)c1. The number of aliphatic hydroxyl groups is 2. The predicted molar refractivity (Wildman–Crippen MR) is 177 cm³/mol. The van der Waals surface area contributed by atoms with Gasteiger partial charge >= 0.3 is 11.9 Å². The summed E-state index contributed by atoms with van der Waals surface area (Å²) in [5.74, 6) is -1.29. The highest BCUT2D eigenvalue weighted by atomic mass is 16.5. The summed E-state index contributed by atoms with van der Waals surface area (Å²) >= 11 is 0. The number of esters is 2. The van der Waals surface area contributed by atoms with Crippen LogP contribution in [0.4, 0.5) is 0 Å². The van der Waals surface area contributed by atoms with Crippen molar-refractivity contribution in [2.24, 2.45) is 0 Å². The second-order valence-corrected chi connectivity index (χ2v) is 11.3. The van der Waals surface area contributed by atoms with Gasteiger partial charge in [0.2, 0.25) is 0 Å². The minimum Gasteiger partial charge on any atom is -0.505 e. The number of nitrogens with zero attached hydrogens (tertiary/aromatic N) is 6. The molecular formula is C35H34N6O8. The fraction of sp³-hybridized carbons (Fsp3) is 0.257. The van der Waals surface area contributed by atoms with Crippen LogP contribution in [-0.2, 0) is 38.3 Å². The van der Waals surface area contributed by atoms with Crippen LogP contribution in [0.5, 0.6) is 11.5 Å². The third kappa shape index (κ3) is 7.66. The Hall–Kier alpha value is -5.86. The fourth-order valence-electron chi connectivity index (χ4n) is 5.38. The molecule has 4 N–H and O–H groups in total. The molecule has 0 atom stereocenters. The highest BCUT2D eigenvalue weighted by Crippen LogP contribution is 2.35. The largest absolute Gasteiger partial charge is 0.505 e. The van der Waals surface area contributed by atoms with Crippen LogP contribution in [-0.4, -0.2) is 88.8 Å². The molecule has 2 heterocycles. The third-order valence-electron chi connectivity index (χ3n) is 7.78. The molecule has 6 rings (SSSR count). The van der Waals surface area contributed by atoms with Crippen LogP contribution in [0.3, 0.4) is 0 Å². The fourth-order valence-corrected chi connectivity index (χ4v) is 5.38. The minimum atomic E-state index is -0.530. The number of hydrogen-bond acceptors (Lipinski definition) is 12. The van der Waals surface area contributed by atoms with Crippen molar-refractivity contribution in [1.82, 2.24) is 30.0 Å². The maximum atomic E-state index is 11.9. The molecule has 2 aromatic heterocycles. The lowest BCUT2D eigenvalue weighted by Crippen LogP contribution is -2.11. The number of hydrogen-bond donors (Lipinski definition) is 4. The Bertz CT molecular complexity index is 1910. The second-order valence-electron chi connectivity index (χ2n) is 11.3. The number of fused-ring (bicyclic) bond motifs is 2. The van der Waals surface area contributed by atoms with E-state index < -0.39 is 11.9 Å². The molecule has 0 radical (unpaired) electrons. The molecule has 4 aromatic carbocycles. The van der Waals surface area contributed by atoms with Crippen LogP contribution < -0.4 is 0 Å². The first-order chi connectivity index (χ1) is 23.8. The Morgan fingerprint density at radius 2 is 0.959 bits per heavy atom. The zero-order chi connectivity index (χ0) is 34.3. The standard InChI is InChI=1S/C35H34N6O8/c42-13-9-32(44)48-15-11-22-17-24(34(46)30(19-22)40-36-26-5-1-2-6-27(26)37-40)21-25-18-23(12-16-49-33(45)10-14-43)20-31(35(25)47)41-38-28-7-3-4-8-29(28)39-41/h1-8,17-20,42-43,46-47H,9-16,21H2. The number of carbonyl (C=O) groups excluding carboxylic acids is 2. The topological polar surface area (TPSA) is 195 Å². The molecule has 14 nitrogen and oxygen atoms in total. The van der Waals surface area contributed by atoms with Crippen LogP contribution in [0.2, 0.25) is 0 Å². The van der Waals surface area contributed by atoms with Gasteiger partial charge in [-0.2, -0.15) is 0 Å². The van der Waals surface area contributed by atoms with Gasteiger partial charge in [-0.15, -0.1) is 30.0 Å². The van der Waals surface area contributed by atoms with Crippen molar-refractivity contribution in [1.29, 1.82) is 0 Å². The van der Waals surface area contributed by atoms with Crippen molar-refractivity contribution < 1.29 is 39.5 Å². The molecule has 0 amide bonds. The number of phenols is 2. The number of aromatic hydroxyl groups is 2. The zero-order valence-electron chi connectivity index (χ0n) is 26.4. The van der Waals surface area contributed by atoms with E-state index >= 15 is 0 Å². The lowest BCUT2D eigenvalue weighted by atomic mass is 9.96. The number of rotatable bonds is 14. The van der Waals surface area contributed by atoms with Gasteiger partial charge in [0.25, 0.3) is 0 Å². The van der Waals surface area contributed by atoms with Crippen molar-refractivity contribution >= 4 is 34.0 Å². The normalized spacial score (nSPS) is 11.3. The molecule has 0 unspecified atom stereocenters. The van der Waals surface area contributed by atoms with E-state index in [2.05, 4.69) is 20.4 Å². The molecule has 252 valence electrons. The molecule has 0 aliphatic heterocycles. The van der Waals surface area contributed by atoms with E-state index in [-0.39, 0.29) is 68.6 Å². The van der Waals surface area contributed by atoms with Gasteiger partial charge in [-0.1, -0.05) is 36.4 Å². The molecule has 0 spiro atoms. The Balaban J connectivity index is 1.40. The summed E-state index contributed by atoms with van der Waals surface area (Å²) in [6.45, 7) is -0.556. The van der Waals surface area contributed by atoms with Gasteiger partial charge in [0.05, 0.1) is 39.3 Å². The molecule has 0 saturated heterocycles. The molecule has 0 aliphatic carbocycles. The monoisotopic (exact) mass is 666 g/mol. The van der Waals surface area contributed by atoms with Gasteiger partial charge in [0.1, 0.15) is 44.9 Å². The highest BCUT2D eigenvalue weighted by molar-refractivity contribution is 5.75. The number of benzene rings is 4. The number of aromatic nitrogens is 6. The van der Waals surface area contributed by atoms with Gasteiger partial charge in [-0.05, 0) is 47.5 Å². The molecule has 0 fully saturated rings. The first kappa shape index (κ1) is 33.1. The molecule has 6 aromatic rings. The third-order valence-corrected chi connectivity index (χ3v) is 7.78. The number of carbonyl (C=O) groups is 2. The summed E-state index contributed by atoms with van der Waals surface area (Å²) in [5.41, 5.74) is 5.35. The molecule has 0 aliphatic rings. The lowest BCUT2D eigenvalue weighted by Gasteiger charge is -2.16. The maximum absolute atomic E-state index is 11.9. The molecule has 14 heteroatoms. The van der Waals surface area contributed by atoms with Crippen LogP contribution in [0.25, 0.3) is 33.4 Å². The number of phenolic OH excluding ortho intramolecular Hbond substituents is 2. The summed E-state index contributed by atoms with van der Waals surface area (Å²) in [5, 5.41) is 59.5. The Morgan fingerprint density at radius 3 is 1.31 bits per heavy atom. The van der Waals surface area contributed by atoms with E-state index in [0.717, 1.165) is 0 Å². The van der Waals surface area contributed by atoms with Crippen molar-refractivity contribution in [2.45, 2.75) is 32.1 Å². The van der Waals surface area contributed by atoms with Crippen molar-refractivity contribution in [3.05, 3.63) is 95.1 Å². The predicted octanol–water partition coefficient (Wildman–Crippen LogP) is 3.09. The van der Waals surface area contributed by atoms with Gasteiger partial charge in [0, 0.05) is 30.4 Å². The second kappa shape index (κ2) is 14.9. The summed E-state index contributed by atoms with van der Waals surface area (Å²) < 4.78 is 10.5. The summed E-state index contributed by atoms with van der Waals surface area (Å²) in [7, 11) is 0. The van der Waals surface area contributed by atoms with E-state index in [1.165, 1.54) is 9.59 Å². The average Bonchev–Trinajstić information content (AvgIpc) is 3.72. The smallest absolute Gasteiger partial charge is 0.308 e. The van der Waals surface area contributed by atoms with E-state index in [4.69, 9.17) is 19.7 Å². The summed E-state index contributed by atoms with van der Waals surface area (Å²) in [4.78, 5) is 26.4. The van der Waals surface area contributed by atoms with Crippen molar-refractivity contribution in [3.63, 3.8) is 0 Å². The maximum Gasteiger partial charge on any atom is 0.308 e.